The van der Waals surface area contributed by atoms with Crippen molar-refractivity contribution >= 4 is 11.3 Å². The van der Waals surface area contributed by atoms with Gasteiger partial charge in [0.15, 0.2) is 0 Å². The van der Waals surface area contributed by atoms with E-state index in [9.17, 15) is 0 Å². The van der Waals surface area contributed by atoms with Crippen LogP contribution in [0.15, 0.2) is 17.5 Å². The molecule has 3 heteroatoms. The van der Waals surface area contributed by atoms with Gasteiger partial charge in [0.1, 0.15) is 0 Å². The highest BCUT2D eigenvalue weighted by Gasteiger charge is 2.13. The third-order valence-corrected chi connectivity index (χ3v) is 3.29. The van der Waals surface area contributed by atoms with Crippen molar-refractivity contribution < 1.29 is 0 Å². The smallest absolute Gasteiger partial charge is 0.0898 e. The molecule has 0 bridgehead atoms. The number of rotatable bonds is 7. The van der Waals surface area contributed by atoms with Crippen LogP contribution in [0.25, 0.3) is 0 Å². The Labute approximate surface area is 103 Å². The molecule has 16 heavy (non-hydrogen) atoms. The molecule has 1 aromatic heterocycles. The van der Waals surface area contributed by atoms with Crippen LogP contribution in [0.5, 0.6) is 0 Å². The van der Waals surface area contributed by atoms with Gasteiger partial charge in [0.2, 0.25) is 0 Å². The van der Waals surface area contributed by atoms with Crippen molar-refractivity contribution in [3.05, 3.63) is 28.2 Å². The van der Waals surface area contributed by atoms with E-state index in [0.29, 0.717) is 6.04 Å². The van der Waals surface area contributed by atoms with Crippen LogP contribution >= 0.6 is 11.3 Å². The van der Waals surface area contributed by atoms with Crippen molar-refractivity contribution in [1.82, 2.24) is 10.3 Å². The maximum Gasteiger partial charge on any atom is 0.0898 e. The molecule has 0 spiro atoms. The fraction of sp³-hybridized carbons (Fsp3) is 0.615. The first kappa shape index (κ1) is 13.4. The molecule has 1 rings (SSSR count). The van der Waals surface area contributed by atoms with Gasteiger partial charge in [-0.25, -0.2) is 4.98 Å². The van der Waals surface area contributed by atoms with Gasteiger partial charge in [0.05, 0.1) is 16.7 Å². The van der Waals surface area contributed by atoms with Crippen LogP contribution < -0.4 is 5.32 Å². The summed E-state index contributed by atoms with van der Waals surface area (Å²) in [6.45, 7) is 11.3. The molecule has 0 aromatic carbocycles. The number of nitrogens with zero attached hydrogens (tertiary/aromatic N) is 1. The first-order chi connectivity index (χ1) is 7.63. The van der Waals surface area contributed by atoms with E-state index in [2.05, 4.69) is 43.0 Å². The third kappa shape index (κ3) is 4.45. The van der Waals surface area contributed by atoms with E-state index in [-0.39, 0.29) is 0 Å². The Morgan fingerprint density at radius 1 is 1.62 bits per heavy atom. The van der Waals surface area contributed by atoms with Crippen LogP contribution in [0, 0.1) is 6.92 Å². The molecule has 1 N–H and O–H groups in total. The number of hydrogen-bond donors (Lipinski definition) is 1. The second-order valence-corrected chi connectivity index (χ2v) is 5.36. The van der Waals surface area contributed by atoms with E-state index >= 15 is 0 Å². The average Bonchev–Trinajstić information content (AvgIpc) is 2.64. The first-order valence-corrected chi connectivity index (χ1v) is 6.81. The highest BCUT2D eigenvalue weighted by molar-refractivity contribution is 7.09. The third-order valence-electron chi connectivity index (χ3n) is 2.49. The van der Waals surface area contributed by atoms with E-state index in [0.717, 1.165) is 30.8 Å². The number of nitrogens with one attached hydrogen (secondary N) is 1. The lowest BCUT2D eigenvalue weighted by molar-refractivity contribution is 0.490. The molecule has 0 amide bonds. The minimum absolute atomic E-state index is 0.390. The van der Waals surface area contributed by atoms with E-state index in [1.165, 1.54) is 11.3 Å². The molecule has 1 unspecified atom stereocenters. The number of allylic oxidation sites excluding steroid dienone is 1. The fourth-order valence-electron chi connectivity index (χ4n) is 1.60. The molecule has 1 heterocycles. The van der Waals surface area contributed by atoms with Gasteiger partial charge in [-0.1, -0.05) is 12.5 Å². The summed E-state index contributed by atoms with van der Waals surface area (Å²) in [5.74, 6) is 0. The number of hydrogen-bond acceptors (Lipinski definition) is 3. The molecule has 0 radical (unpaired) electrons. The summed E-state index contributed by atoms with van der Waals surface area (Å²) in [6, 6.07) is 0.390. The van der Waals surface area contributed by atoms with Crippen LogP contribution in [0.3, 0.4) is 0 Å². The topological polar surface area (TPSA) is 24.9 Å². The lowest BCUT2D eigenvalue weighted by atomic mass is 10.1. The van der Waals surface area contributed by atoms with E-state index in [1.807, 2.05) is 0 Å². The molecular weight excluding hydrogens is 216 g/mol. The first-order valence-electron chi connectivity index (χ1n) is 5.93. The average molecular weight is 238 g/mol. The summed E-state index contributed by atoms with van der Waals surface area (Å²) in [4.78, 5) is 4.57. The highest BCUT2D eigenvalue weighted by Crippen LogP contribution is 2.22. The SMILES string of the molecule is C=C(C)CCC(NCCC)c1csc(C)n1. The number of thiazole rings is 1. The quantitative estimate of drug-likeness (QED) is 0.730. The Morgan fingerprint density at radius 3 is 2.88 bits per heavy atom. The minimum Gasteiger partial charge on any atom is -0.309 e. The molecule has 1 aromatic rings. The maximum atomic E-state index is 4.57. The molecule has 0 aliphatic carbocycles. The van der Waals surface area contributed by atoms with Crippen LogP contribution in [-0.2, 0) is 0 Å². The predicted molar refractivity (Wildman–Crippen MR) is 71.9 cm³/mol. The largest absolute Gasteiger partial charge is 0.309 e. The van der Waals surface area contributed by atoms with Crippen molar-refractivity contribution in [2.24, 2.45) is 0 Å². The van der Waals surface area contributed by atoms with Crippen molar-refractivity contribution in [2.75, 3.05) is 6.54 Å². The molecule has 0 aliphatic rings. The monoisotopic (exact) mass is 238 g/mol. The molecule has 2 nitrogen and oxygen atoms in total. The van der Waals surface area contributed by atoms with Gasteiger partial charge in [0, 0.05) is 5.38 Å². The minimum atomic E-state index is 0.390. The summed E-state index contributed by atoms with van der Waals surface area (Å²) in [6.07, 6.45) is 3.32. The summed E-state index contributed by atoms with van der Waals surface area (Å²) < 4.78 is 0. The highest BCUT2D eigenvalue weighted by atomic mass is 32.1. The lowest BCUT2D eigenvalue weighted by Gasteiger charge is -2.16. The van der Waals surface area contributed by atoms with E-state index < -0.39 is 0 Å². The molecule has 1 atom stereocenters. The van der Waals surface area contributed by atoms with E-state index in [1.54, 1.807) is 11.3 Å². The van der Waals surface area contributed by atoms with Gasteiger partial charge in [-0.3, -0.25) is 0 Å². The zero-order valence-electron chi connectivity index (χ0n) is 10.5. The lowest BCUT2D eigenvalue weighted by Crippen LogP contribution is -2.22. The van der Waals surface area contributed by atoms with Crippen LogP contribution in [0.2, 0.25) is 0 Å². The van der Waals surface area contributed by atoms with Crippen molar-refractivity contribution in [3.63, 3.8) is 0 Å². The second kappa shape index (κ2) is 6.81. The normalized spacial score (nSPS) is 12.7. The van der Waals surface area contributed by atoms with Gasteiger partial charge in [-0.15, -0.1) is 17.9 Å². The van der Waals surface area contributed by atoms with Crippen LogP contribution in [-0.4, -0.2) is 11.5 Å². The molecule has 0 aliphatic heterocycles. The Hall–Kier alpha value is -0.670. The van der Waals surface area contributed by atoms with Gasteiger partial charge < -0.3 is 5.32 Å². The van der Waals surface area contributed by atoms with Gasteiger partial charge >= 0.3 is 0 Å². The summed E-state index contributed by atoms with van der Waals surface area (Å²) in [7, 11) is 0. The van der Waals surface area contributed by atoms with Crippen molar-refractivity contribution in [3.8, 4) is 0 Å². The number of aromatic nitrogens is 1. The van der Waals surface area contributed by atoms with Gasteiger partial charge in [-0.05, 0) is 39.7 Å². The summed E-state index contributed by atoms with van der Waals surface area (Å²) in [5, 5.41) is 6.87. The van der Waals surface area contributed by atoms with Crippen LogP contribution in [0.1, 0.15) is 49.9 Å². The zero-order valence-corrected chi connectivity index (χ0v) is 11.4. The Bertz CT molecular complexity index is 330. The van der Waals surface area contributed by atoms with Gasteiger partial charge in [-0.2, -0.15) is 0 Å². The molecular formula is C13H22N2S. The van der Waals surface area contributed by atoms with Crippen molar-refractivity contribution in [2.45, 2.75) is 46.1 Å². The molecule has 0 saturated carbocycles. The van der Waals surface area contributed by atoms with Gasteiger partial charge in [0.25, 0.3) is 0 Å². The predicted octanol–water partition coefficient (Wildman–Crippen LogP) is 3.85. The Kier molecular flexibility index (Phi) is 5.71. The maximum absolute atomic E-state index is 4.57. The Morgan fingerprint density at radius 2 is 2.38 bits per heavy atom. The molecule has 0 saturated heterocycles. The molecule has 90 valence electrons. The van der Waals surface area contributed by atoms with Crippen LogP contribution in [0.4, 0.5) is 0 Å². The fourth-order valence-corrected chi connectivity index (χ4v) is 2.27. The standard InChI is InChI=1S/C13H22N2S/c1-5-8-14-12(7-6-10(2)3)13-9-16-11(4)15-13/h9,12,14H,2,5-8H2,1,3-4H3. The van der Waals surface area contributed by atoms with E-state index in [4.69, 9.17) is 0 Å². The summed E-state index contributed by atoms with van der Waals surface area (Å²) in [5.41, 5.74) is 2.44. The second-order valence-electron chi connectivity index (χ2n) is 4.29. The zero-order chi connectivity index (χ0) is 12.0. The summed E-state index contributed by atoms with van der Waals surface area (Å²) >= 11 is 1.73. The van der Waals surface area contributed by atoms with Crippen molar-refractivity contribution in [1.29, 1.82) is 0 Å². The Balaban J connectivity index is 2.59. The molecule has 0 fully saturated rings. The number of aryl methyl sites for hydroxylation is 1.